The van der Waals surface area contributed by atoms with E-state index in [1.807, 2.05) is 0 Å². The molecule has 5 aliphatic carbocycles. The zero-order valence-corrected chi connectivity index (χ0v) is 12.4. The summed E-state index contributed by atoms with van der Waals surface area (Å²) in [7, 11) is 0. The van der Waals surface area contributed by atoms with Crippen LogP contribution in [0.15, 0.2) is 0 Å². The van der Waals surface area contributed by atoms with Gasteiger partial charge in [-0.15, -0.1) is 0 Å². The van der Waals surface area contributed by atoms with Gasteiger partial charge in [-0.25, -0.2) is 0 Å². The van der Waals surface area contributed by atoms with E-state index >= 15 is 0 Å². The van der Waals surface area contributed by atoms with E-state index in [0.717, 1.165) is 29.1 Å². The molecule has 4 bridgehead atoms. The Kier molecular flexibility index (Phi) is 3.17. The summed E-state index contributed by atoms with van der Waals surface area (Å²) < 4.78 is 0. The highest BCUT2D eigenvalue weighted by Gasteiger charge is 2.50. The van der Waals surface area contributed by atoms with E-state index in [4.69, 9.17) is 5.73 Å². The molecule has 5 aliphatic rings. The molecule has 0 aromatic rings. The van der Waals surface area contributed by atoms with Gasteiger partial charge in [-0.2, -0.15) is 0 Å². The first-order valence-corrected chi connectivity index (χ1v) is 8.98. The quantitative estimate of drug-likeness (QED) is 0.792. The first-order chi connectivity index (χ1) is 9.22. The predicted molar refractivity (Wildman–Crippen MR) is 79.8 cm³/mol. The molecule has 0 aromatic heterocycles. The van der Waals surface area contributed by atoms with Crippen LogP contribution in [0.25, 0.3) is 0 Å². The van der Waals surface area contributed by atoms with Crippen LogP contribution >= 0.6 is 0 Å². The Morgan fingerprint density at radius 2 is 1.42 bits per heavy atom. The minimum atomic E-state index is 0.524. The average Bonchev–Trinajstić information content (AvgIpc) is 2.88. The first-order valence-electron chi connectivity index (χ1n) is 8.98. The van der Waals surface area contributed by atoms with E-state index < -0.39 is 0 Å². The fourth-order valence-corrected chi connectivity index (χ4v) is 6.69. The van der Waals surface area contributed by atoms with Gasteiger partial charge in [0.2, 0.25) is 0 Å². The molecule has 1 atom stereocenters. The minimum absolute atomic E-state index is 0.524. The van der Waals surface area contributed by atoms with Crippen molar-refractivity contribution in [1.29, 1.82) is 0 Å². The molecule has 1 unspecified atom stereocenters. The molecule has 1 nitrogen and oxygen atoms in total. The van der Waals surface area contributed by atoms with Crippen molar-refractivity contribution in [1.82, 2.24) is 0 Å². The fourth-order valence-electron chi connectivity index (χ4n) is 6.69. The van der Waals surface area contributed by atoms with Crippen LogP contribution in [0, 0.1) is 29.1 Å². The number of nitrogens with two attached hydrogens (primary N) is 1. The Morgan fingerprint density at radius 3 is 1.95 bits per heavy atom. The van der Waals surface area contributed by atoms with Gasteiger partial charge in [-0.1, -0.05) is 12.8 Å². The smallest absolute Gasteiger partial charge is 0.00673 e. The molecule has 1 heteroatoms. The van der Waals surface area contributed by atoms with Crippen LogP contribution in [0.1, 0.15) is 77.0 Å². The normalized spacial score (nSPS) is 46.9. The fraction of sp³-hybridized carbons (Fsp3) is 1.00. The van der Waals surface area contributed by atoms with Gasteiger partial charge in [0.25, 0.3) is 0 Å². The standard InChI is InChI=1S/C18H31N/c19-17(16-3-1-2-4-16)5-6-18-10-13-7-14(11-18)9-15(8-13)12-18/h13-17H,1-12,19H2. The van der Waals surface area contributed by atoms with Crippen LogP contribution in [-0.4, -0.2) is 6.04 Å². The highest BCUT2D eigenvalue weighted by Crippen LogP contribution is 2.61. The van der Waals surface area contributed by atoms with Crippen molar-refractivity contribution in [2.45, 2.75) is 83.1 Å². The Morgan fingerprint density at radius 1 is 0.895 bits per heavy atom. The molecule has 0 amide bonds. The molecule has 5 fully saturated rings. The Labute approximate surface area is 118 Å². The van der Waals surface area contributed by atoms with E-state index in [1.165, 1.54) is 38.5 Å². The molecule has 108 valence electrons. The summed E-state index contributed by atoms with van der Waals surface area (Å²) in [6.07, 6.45) is 17.9. The molecule has 19 heavy (non-hydrogen) atoms. The molecule has 0 radical (unpaired) electrons. The summed E-state index contributed by atoms with van der Waals surface area (Å²) in [5.74, 6) is 4.19. The second kappa shape index (κ2) is 4.76. The van der Waals surface area contributed by atoms with Crippen LogP contribution in [-0.2, 0) is 0 Å². The van der Waals surface area contributed by atoms with Crippen molar-refractivity contribution in [3.63, 3.8) is 0 Å². The third-order valence-electron chi connectivity index (χ3n) is 7.18. The summed E-state index contributed by atoms with van der Waals surface area (Å²) in [4.78, 5) is 0. The third-order valence-corrected chi connectivity index (χ3v) is 7.18. The minimum Gasteiger partial charge on any atom is -0.327 e. The maximum atomic E-state index is 6.51. The lowest BCUT2D eigenvalue weighted by Crippen LogP contribution is -2.46. The van der Waals surface area contributed by atoms with Crippen LogP contribution < -0.4 is 5.73 Å². The van der Waals surface area contributed by atoms with Gasteiger partial charge in [0.1, 0.15) is 0 Å². The highest BCUT2D eigenvalue weighted by atomic mass is 14.7. The van der Waals surface area contributed by atoms with Crippen molar-refractivity contribution >= 4 is 0 Å². The summed E-state index contributed by atoms with van der Waals surface area (Å²) >= 11 is 0. The molecule has 0 heterocycles. The molecule has 5 saturated carbocycles. The largest absolute Gasteiger partial charge is 0.327 e. The van der Waals surface area contributed by atoms with Gasteiger partial charge in [0.05, 0.1) is 0 Å². The summed E-state index contributed by atoms with van der Waals surface area (Å²) in [6.45, 7) is 0. The zero-order chi connectivity index (χ0) is 12.9. The van der Waals surface area contributed by atoms with Crippen LogP contribution in [0.3, 0.4) is 0 Å². The topological polar surface area (TPSA) is 26.0 Å². The lowest BCUT2D eigenvalue weighted by atomic mass is 9.48. The highest BCUT2D eigenvalue weighted by molar-refractivity contribution is 5.01. The second-order valence-electron chi connectivity index (χ2n) is 8.66. The Balaban J connectivity index is 1.37. The summed E-state index contributed by atoms with van der Waals surface area (Å²) in [5, 5.41) is 0. The lowest BCUT2D eigenvalue weighted by molar-refractivity contribution is -0.0594. The maximum absolute atomic E-state index is 6.51. The summed E-state index contributed by atoms with van der Waals surface area (Å²) in [6, 6.07) is 0.524. The van der Waals surface area contributed by atoms with Gasteiger partial charge >= 0.3 is 0 Å². The van der Waals surface area contributed by atoms with Crippen LogP contribution in [0.5, 0.6) is 0 Å². The number of rotatable bonds is 4. The summed E-state index contributed by atoms with van der Waals surface area (Å²) in [5.41, 5.74) is 7.26. The molecule has 2 N–H and O–H groups in total. The van der Waals surface area contributed by atoms with E-state index in [2.05, 4.69) is 0 Å². The predicted octanol–water partition coefficient (Wildman–Crippen LogP) is 4.50. The average molecular weight is 261 g/mol. The van der Waals surface area contributed by atoms with E-state index in [-0.39, 0.29) is 0 Å². The van der Waals surface area contributed by atoms with Crippen molar-refractivity contribution in [2.75, 3.05) is 0 Å². The van der Waals surface area contributed by atoms with Gasteiger partial charge in [-0.3, -0.25) is 0 Å². The van der Waals surface area contributed by atoms with E-state index in [9.17, 15) is 0 Å². The lowest BCUT2D eigenvalue weighted by Gasteiger charge is -2.57. The maximum Gasteiger partial charge on any atom is 0.00673 e. The molecular weight excluding hydrogens is 230 g/mol. The molecular formula is C18H31N. The molecule has 5 rings (SSSR count). The Hall–Kier alpha value is -0.0400. The molecule has 0 spiro atoms. The van der Waals surface area contributed by atoms with Crippen LogP contribution in [0.4, 0.5) is 0 Å². The van der Waals surface area contributed by atoms with Crippen LogP contribution in [0.2, 0.25) is 0 Å². The van der Waals surface area contributed by atoms with Gasteiger partial charge < -0.3 is 5.73 Å². The third kappa shape index (κ3) is 2.37. The van der Waals surface area contributed by atoms with Crippen molar-refractivity contribution in [3.05, 3.63) is 0 Å². The van der Waals surface area contributed by atoms with Gasteiger partial charge in [0.15, 0.2) is 0 Å². The van der Waals surface area contributed by atoms with Crippen molar-refractivity contribution < 1.29 is 0 Å². The second-order valence-corrected chi connectivity index (χ2v) is 8.66. The zero-order valence-electron chi connectivity index (χ0n) is 12.4. The Bertz CT molecular complexity index is 293. The first kappa shape index (κ1) is 12.7. The molecule has 0 saturated heterocycles. The van der Waals surface area contributed by atoms with E-state index in [0.29, 0.717) is 6.04 Å². The number of hydrogen-bond acceptors (Lipinski definition) is 1. The van der Waals surface area contributed by atoms with Crippen molar-refractivity contribution in [2.24, 2.45) is 34.8 Å². The van der Waals surface area contributed by atoms with E-state index in [1.54, 1.807) is 38.5 Å². The van der Waals surface area contributed by atoms with Gasteiger partial charge in [0, 0.05) is 6.04 Å². The number of hydrogen-bond donors (Lipinski definition) is 1. The molecule has 0 aliphatic heterocycles. The molecule has 0 aromatic carbocycles. The monoisotopic (exact) mass is 261 g/mol. The SMILES string of the molecule is NC(CCC12CC3CC(CC(C3)C1)C2)C1CCCC1. The van der Waals surface area contributed by atoms with Crippen molar-refractivity contribution in [3.8, 4) is 0 Å². The van der Waals surface area contributed by atoms with Gasteiger partial charge in [-0.05, 0) is 93.3 Å².